The minimum Gasteiger partial charge on any atom is -0.478 e. The second kappa shape index (κ2) is 4.82. The highest BCUT2D eigenvalue weighted by Crippen LogP contribution is 2.28. The Morgan fingerprint density at radius 3 is 3.10 bits per heavy atom. The number of carbonyl (C=O) groups is 1. The standard InChI is InChI=1S/C12H10N4O3S/c1-15-7-8(6-13-15)19-11-9(2-3-10(17)18)16-4-5-20-12(16)14-11/h2-7H,1H3,(H,17,18)/b3-2+. The SMILES string of the molecule is Cn1cc(Oc2nc3sccn3c2/C=C/C(=O)O)cn1. The highest BCUT2D eigenvalue weighted by atomic mass is 32.1. The zero-order valence-corrected chi connectivity index (χ0v) is 11.2. The second-order valence-electron chi connectivity index (χ2n) is 3.98. The average molecular weight is 290 g/mol. The van der Waals surface area contributed by atoms with E-state index in [2.05, 4.69) is 10.1 Å². The first-order chi connectivity index (χ1) is 9.63. The smallest absolute Gasteiger partial charge is 0.328 e. The number of thiazole rings is 1. The molecular formula is C12H10N4O3S. The molecule has 0 radical (unpaired) electrons. The maximum atomic E-state index is 10.7. The maximum absolute atomic E-state index is 10.7. The number of hydrogen-bond acceptors (Lipinski definition) is 5. The molecule has 0 fully saturated rings. The molecule has 0 saturated heterocycles. The molecular weight excluding hydrogens is 280 g/mol. The quantitative estimate of drug-likeness (QED) is 0.743. The lowest BCUT2D eigenvalue weighted by atomic mass is 10.4. The van der Waals surface area contributed by atoms with Crippen molar-refractivity contribution in [1.29, 1.82) is 0 Å². The van der Waals surface area contributed by atoms with Gasteiger partial charge in [0, 0.05) is 24.7 Å². The average Bonchev–Trinajstić information content (AvgIpc) is 3.04. The van der Waals surface area contributed by atoms with Crippen molar-refractivity contribution in [3.05, 3.63) is 35.7 Å². The zero-order valence-electron chi connectivity index (χ0n) is 10.4. The fourth-order valence-corrected chi connectivity index (χ4v) is 2.44. The second-order valence-corrected chi connectivity index (χ2v) is 4.85. The number of rotatable bonds is 4. The Balaban J connectivity index is 2.02. The first-order valence-corrected chi connectivity index (χ1v) is 6.54. The summed E-state index contributed by atoms with van der Waals surface area (Å²) in [6, 6.07) is 0. The third kappa shape index (κ3) is 2.28. The van der Waals surface area contributed by atoms with Gasteiger partial charge in [0.15, 0.2) is 10.7 Å². The van der Waals surface area contributed by atoms with Gasteiger partial charge in [-0.05, 0) is 6.08 Å². The summed E-state index contributed by atoms with van der Waals surface area (Å²) in [6.07, 6.45) is 7.60. The number of aryl methyl sites for hydroxylation is 1. The molecule has 3 aromatic rings. The number of aliphatic carboxylic acids is 1. The molecule has 0 spiro atoms. The van der Waals surface area contributed by atoms with Crippen molar-refractivity contribution in [2.24, 2.45) is 7.05 Å². The fourth-order valence-electron chi connectivity index (χ4n) is 1.72. The lowest BCUT2D eigenvalue weighted by Gasteiger charge is -1.99. The highest BCUT2D eigenvalue weighted by molar-refractivity contribution is 7.15. The molecule has 0 atom stereocenters. The summed E-state index contributed by atoms with van der Waals surface area (Å²) < 4.78 is 9.04. The van der Waals surface area contributed by atoms with Crippen LogP contribution in [-0.4, -0.2) is 30.2 Å². The maximum Gasteiger partial charge on any atom is 0.328 e. The van der Waals surface area contributed by atoms with Crippen molar-refractivity contribution < 1.29 is 14.6 Å². The summed E-state index contributed by atoms with van der Waals surface area (Å²) in [5, 5.41) is 14.6. The van der Waals surface area contributed by atoms with Crippen LogP contribution in [-0.2, 0) is 11.8 Å². The van der Waals surface area contributed by atoms with E-state index in [9.17, 15) is 4.79 Å². The van der Waals surface area contributed by atoms with E-state index in [0.29, 0.717) is 17.3 Å². The number of carboxylic acids is 1. The molecule has 0 aliphatic heterocycles. The number of fused-ring (bicyclic) bond motifs is 1. The Bertz CT molecular complexity index is 799. The van der Waals surface area contributed by atoms with Crippen LogP contribution in [0.1, 0.15) is 5.69 Å². The van der Waals surface area contributed by atoms with Gasteiger partial charge in [-0.2, -0.15) is 10.1 Å². The van der Waals surface area contributed by atoms with Gasteiger partial charge >= 0.3 is 5.97 Å². The van der Waals surface area contributed by atoms with Crippen LogP contribution in [0.25, 0.3) is 11.0 Å². The molecule has 102 valence electrons. The molecule has 0 bridgehead atoms. The van der Waals surface area contributed by atoms with Gasteiger partial charge in [0.05, 0.1) is 12.4 Å². The largest absolute Gasteiger partial charge is 0.478 e. The minimum absolute atomic E-state index is 0.349. The van der Waals surface area contributed by atoms with Crippen molar-refractivity contribution in [3.63, 3.8) is 0 Å². The van der Waals surface area contributed by atoms with Crippen LogP contribution >= 0.6 is 11.3 Å². The topological polar surface area (TPSA) is 81.7 Å². The molecule has 20 heavy (non-hydrogen) atoms. The minimum atomic E-state index is -1.03. The van der Waals surface area contributed by atoms with E-state index in [4.69, 9.17) is 9.84 Å². The van der Waals surface area contributed by atoms with E-state index in [1.165, 1.54) is 17.4 Å². The van der Waals surface area contributed by atoms with E-state index in [1.54, 1.807) is 28.5 Å². The van der Waals surface area contributed by atoms with Crippen molar-refractivity contribution in [3.8, 4) is 11.6 Å². The summed E-state index contributed by atoms with van der Waals surface area (Å²) in [5.41, 5.74) is 0.576. The third-order valence-electron chi connectivity index (χ3n) is 2.54. The molecule has 8 heteroatoms. The van der Waals surface area contributed by atoms with E-state index in [-0.39, 0.29) is 0 Å². The lowest BCUT2D eigenvalue weighted by Crippen LogP contribution is -1.90. The zero-order chi connectivity index (χ0) is 14.1. The molecule has 0 unspecified atom stereocenters. The van der Waals surface area contributed by atoms with Gasteiger partial charge in [-0.1, -0.05) is 0 Å². The van der Waals surface area contributed by atoms with Crippen LogP contribution in [0, 0.1) is 0 Å². The number of nitrogens with zero attached hydrogens (tertiary/aromatic N) is 4. The van der Waals surface area contributed by atoms with Gasteiger partial charge < -0.3 is 9.84 Å². The van der Waals surface area contributed by atoms with Gasteiger partial charge in [0.2, 0.25) is 5.88 Å². The molecule has 3 aromatic heterocycles. The number of carboxylic acid groups (broad SMARTS) is 1. The van der Waals surface area contributed by atoms with Crippen LogP contribution in [0.15, 0.2) is 30.0 Å². The number of imidazole rings is 1. The van der Waals surface area contributed by atoms with Gasteiger partial charge in [-0.25, -0.2) is 4.79 Å². The van der Waals surface area contributed by atoms with Gasteiger partial charge in [-0.15, -0.1) is 11.3 Å². The molecule has 1 N–H and O–H groups in total. The third-order valence-corrected chi connectivity index (χ3v) is 3.30. The molecule has 3 rings (SSSR count). The van der Waals surface area contributed by atoms with Gasteiger partial charge in [0.25, 0.3) is 0 Å². The Labute approximate surface area is 117 Å². The van der Waals surface area contributed by atoms with Crippen LogP contribution in [0.2, 0.25) is 0 Å². The van der Waals surface area contributed by atoms with E-state index in [1.807, 2.05) is 11.6 Å². The molecule has 0 amide bonds. The first-order valence-electron chi connectivity index (χ1n) is 5.66. The van der Waals surface area contributed by atoms with Crippen LogP contribution in [0.3, 0.4) is 0 Å². The van der Waals surface area contributed by atoms with Crippen molar-refractivity contribution in [1.82, 2.24) is 19.2 Å². The summed E-state index contributed by atoms with van der Waals surface area (Å²) in [6.45, 7) is 0. The normalized spacial score (nSPS) is 11.4. The van der Waals surface area contributed by atoms with Gasteiger partial charge in [-0.3, -0.25) is 9.08 Å². The molecule has 0 saturated carbocycles. The van der Waals surface area contributed by atoms with Crippen molar-refractivity contribution in [2.75, 3.05) is 0 Å². The Hall–Kier alpha value is -2.61. The summed E-state index contributed by atoms with van der Waals surface area (Å²) in [7, 11) is 1.78. The molecule has 0 aromatic carbocycles. The highest BCUT2D eigenvalue weighted by Gasteiger charge is 2.14. The fraction of sp³-hybridized carbons (Fsp3) is 0.0833. The van der Waals surface area contributed by atoms with E-state index < -0.39 is 5.97 Å². The molecule has 3 heterocycles. The van der Waals surface area contributed by atoms with Crippen molar-refractivity contribution >= 4 is 28.3 Å². The first kappa shape index (κ1) is 12.4. The lowest BCUT2D eigenvalue weighted by molar-refractivity contribution is -0.131. The predicted octanol–water partition coefficient (Wildman–Crippen LogP) is 2.02. The molecule has 0 aliphatic carbocycles. The Kier molecular flexibility index (Phi) is 2.99. The monoisotopic (exact) mass is 290 g/mol. The summed E-state index contributed by atoms with van der Waals surface area (Å²) in [4.78, 5) is 15.7. The summed E-state index contributed by atoms with van der Waals surface area (Å²) >= 11 is 1.44. The van der Waals surface area contributed by atoms with Crippen LogP contribution in [0.5, 0.6) is 11.6 Å². The van der Waals surface area contributed by atoms with Gasteiger partial charge in [0.1, 0.15) is 5.69 Å². The van der Waals surface area contributed by atoms with E-state index in [0.717, 1.165) is 11.0 Å². The van der Waals surface area contributed by atoms with Crippen molar-refractivity contribution in [2.45, 2.75) is 0 Å². The Morgan fingerprint density at radius 2 is 2.40 bits per heavy atom. The van der Waals surface area contributed by atoms with Crippen LogP contribution in [0.4, 0.5) is 0 Å². The van der Waals surface area contributed by atoms with Crippen LogP contribution < -0.4 is 4.74 Å². The Morgan fingerprint density at radius 1 is 1.55 bits per heavy atom. The summed E-state index contributed by atoms with van der Waals surface area (Å²) in [5.74, 6) is -0.131. The predicted molar refractivity (Wildman–Crippen MR) is 73.0 cm³/mol. The number of aromatic nitrogens is 4. The molecule has 0 aliphatic rings. The molecule has 7 nitrogen and oxygen atoms in total. The number of hydrogen-bond donors (Lipinski definition) is 1. The van der Waals surface area contributed by atoms with E-state index >= 15 is 0 Å². The number of ether oxygens (including phenoxy) is 1.